The first-order valence-corrected chi connectivity index (χ1v) is 6.56. The van der Waals surface area contributed by atoms with Crippen LogP contribution in [0.15, 0.2) is 42.5 Å². The molecule has 0 unspecified atom stereocenters. The molecule has 0 N–H and O–H groups in total. The Morgan fingerprint density at radius 3 is 2.05 bits per heavy atom. The minimum Gasteiger partial charge on any atom is -0.465 e. The summed E-state index contributed by atoms with van der Waals surface area (Å²) >= 11 is 0. The van der Waals surface area contributed by atoms with Crippen LogP contribution in [0.25, 0.3) is 11.1 Å². The summed E-state index contributed by atoms with van der Waals surface area (Å²) in [6.45, 7) is 5.99. The fraction of sp³-hybridized carbons (Fsp3) is 0.235. The van der Waals surface area contributed by atoms with E-state index in [0.717, 1.165) is 16.7 Å². The number of methoxy groups -OCH3 is 1. The summed E-state index contributed by atoms with van der Waals surface area (Å²) in [5, 5.41) is 0. The normalized spacial score (nSPS) is 9.45. The summed E-state index contributed by atoms with van der Waals surface area (Å²) in [5.74, 6) is -1.23. The molecule has 0 radical (unpaired) electrons. The van der Waals surface area contributed by atoms with Crippen molar-refractivity contribution in [1.82, 2.24) is 0 Å². The molecule has 0 aliphatic carbocycles. The zero-order chi connectivity index (χ0) is 15.1. The topological polar surface area (TPSA) is 26.3 Å². The van der Waals surface area contributed by atoms with Gasteiger partial charge in [0.15, 0.2) is 0 Å². The van der Waals surface area contributed by atoms with Crippen LogP contribution in [0.2, 0.25) is 0 Å². The van der Waals surface area contributed by atoms with Gasteiger partial charge < -0.3 is 4.74 Å². The molecule has 0 saturated heterocycles. The van der Waals surface area contributed by atoms with Gasteiger partial charge in [0, 0.05) is 0 Å². The van der Waals surface area contributed by atoms with E-state index >= 15 is 0 Å². The molecule has 0 saturated carbocycles. The first-order valence-electron chi connectivity index (χ1n) is 6.56. The fourth-order valence-corrected chi connectivity index (χ4v) is 1.72. The maximum absolute atomic E-state index is 13.8. The van der Waals surface area contributed by atoms with Gasteiger partial charge in [0.1, 0.15) is 5.82 Å². The van der Waals surface area contributed by atoms with Crippen molar-refractivity contribution in [3.63, 3.8) is 0 Å². The summed E-state index contributed by atoms with van der Waals surface area (Å²) in [4.78, 5) is 11.3. The third-order valence-electron chi connectivity index (χ3n) is 2.76. The van der Waals surface area contributed by atoms with Crippen LogP contribution in [-0.2, 0) is 4.74 Å². The lowest BCUT2D eigenvalue weighted by atomic mass is 10.0. The van der Waals surface area contributed by atoms with E-state index in [0.29, 0.717) is 0 Å². The van der Waals surface area contributed by atoms with Gasteiger partial charge in [-0.1, -0.05) is 49.7 Å². The number of ether oxygens (including phenoxy) is 1. The lowest BCUT2D eigenvalue weighted by molar-refractivity contribution is 0.0595. The number of hydrogen-bond donors (Lipinski definition) is 0. The number of halogens is 1. The minimum atomic E-state index is -0.664. The number of aryl methyl sites for hydroxylation is 1. The van der Waals surface area contributed by atoms with Crippen molar-refractivity contribution in [1.29, 1.82) is 0 Å². The molecule has 106 valence electrons. The lowest BCUT2D eigenvalue weighted by Gasteiger charge is -2.05. The van der Waals surface area contributed by atoms with E-state index in [9.17, 15) is 9.18 Å². The molecule has 0 spiro atoms. The van der Waals surface area contributed by atoms with Gasteiger partial charge in [0.25, 0.3) is 0 Å². The van der Waals surface area contributed by atoms with Crippen molar-refractivity contribution in [3.8, 4) is 11.1 Å². The Balaban J connectivity index is 0.000000956. The largest absolute Gasteiger partial charge is 0.465 e. The van der Waals surface area contributed by atoms with Gasteiger partial charge in [0.05, 0.1) is 12.7 Å². The van der Waals surface area contributed by atoms with Crippen LogP contribution in [0.1, 0.15) is 29.8 Å². The summed E-state index contributed by atoms with van der Waals surface area (Å²) in [7, 11) is 1.23. The average Bonchev–Trinajstić information content (AvgIpc) is 2.49. The SMILES string of the molecule is CC.COC(=O)c1ccc(-c2ccc(C)cc2)cc1F. The number of benzene rings is 2. The third-order valence-corrected chi connectivity index (χ3v) is 2.76. The highest BCUT2D eigenvalue weighted by Crippen LogP contribution is 2.22. The first-order chi connectivity index (χ1) is 9.61. The van der Waals surface area contributed by atoms with E-state index in [2.05, 4.69) is 4.74 Å². The van der Waals surface area contributed by atoms with Crippen molar-refractivity contribution < 1.29 is 13.9 Å². The number of rotatable bonds is 2. The molecule has 0 aliphatic heterocycles. The Morgan fingerprint density at radius 1 is 1.00 bits per heavy atom. The Bertz CT molecular complexity index is 574. The molecule has 0 fully saturated rings. The zero-order valence-electron chi connectivity index (χ0n) is 12.2. The van der Waals surface area contributed by atoms with Crippen molar-refractivity contribution in [2.24, 2.45) is 0 Å². The Hall–Kier alpha value is -2.16. The maximum Gasteiger partial charge on any atom is 0.340 e. The summed E-state index contributed by atoms with van der Waals surface area (Å²) in [6, 6.07) is 12.3. The molecule has 0 heterocycles. The molecule has 3 heteroatoms. The highest BCUT2D eigenvalue weighted by Gasteiger charge is 2.12. The maximum atomic E-state index is 13.8. The van der Waals surface area contributed by atoms with E-state index in [-0.39, 0.29) is 5.56 Å². The number of carbonyl (C=O) groups is 1. The van der Waals surface area contributed by atoms with E-state index in [1.807, 2.05) is 45.0 Å². The molecule has 2 aromatic rings. The molecule has 0 amide bonds. The predicted molar refractivity (Wildman–Crippen MR) is 79.3 cm³/mol. The van der Waals surface area contributed by atoms with Crippen LogP contribution >= 0.6 is 0 Å². The van der Waals surface area contributed by atoms with Crippen molar-refractivity contribution >= 4 is 5.97 Å². The van der Waals surface area contributed by atoms with Gasteiger partial charge in [-0.3, -0.25) is 0 Å². The summed E-state index contributed by atoms with van der Waals surface area (Å²) < 4.78 is 18.3. The molecule has 2 aromatic carbocycles. The van der Waals surface area contributed by atoms with Crippen LogP contribution < -0.4 is 0 Å². The number of hydrogen-bond acceptors (Lipinski definition) is 2. The van der Waals surface area contributed by atoms with Gasteiger partial charge in [0.2, 0.25) is 0 Å². The predicted octanol–water partition coefficient (Wildman–Crippen LogP) is 4.61. The third kappa shape index (κ3) is 3.67. The fourth-order valence-electron chi connectivity index (χ4n) is 1.72. The van der Waals surface area contributed by atoms with Crippen LogP contribution in [0.4, 0.5) is 4.39 Å². The molecule has 20 heavy (non-hydrogen) atoms. The summed E-state index contributed by atoms with van der Waals surface area (Å²) in [6.07, 6.45) is 0. The monoisotopic (exact) mass is 274 g/mol. The molecule has 2 rings (SSSR count). The van der Waals surface area contributed by atoms with E-state index < -0.39 is 11.8 Å². The molecule has 2 nitrogen and oxygen atoms in total. The molecular weight excluding hydrogens is 255 g/mol. The van der Waals surface area contributed by atoms with Gasteiger partial charge in [-0.15, -0.1) is 0 Å². The van der Waals surface area contributed by atoms with E-state index in [1.54, 1.807) is 6.07 Å². The number of carbonyl (C=O) groups excluding carboxylic acids is 1. The first kappa shape index (κ1) is 15.9. The average molecular weight is 274 g/mol. The number of esters is 1. The second-order valence-electron chi connectivity index (χ2n) is 4.05. The van der Waals surface area contributed by atoms with Crippen molar-refractivity contribution in [2.75, 3.05) is 7.11 Å². The Morgan fingerprint density at radius 2 is 1.55 bits per heavy atom. The molecule has 0 bridgehead atoms. The second kappa shape index (κ2) is 7.43. The van der Waals surface area contributed by atoms with Crippen molar-refractivity contribution in [2.45, 2.75) is 20.8 Å². The van der Waals surface area contributed by atoms with Gasteiger partial charge in [-0.05, 0) is 30.2 Å². The van der Waals surface area contributed by atoms with Crippen LogP contribution in [0.3, 0.4) is 0 Å². The van der Waals surface area contributed by atoms with Gasteiger partial charge in [-0.25, -0.2) is 9.18 Å². The molecule has 0 atom stereocenters. The Kier molecular flexibility index (Phi) is 5.91. The highest BCUT2D eigenvalue weighted by atomic mass is 19.1. The smallest absolute Gasteiger partial charge is 0.340 e. The molecule has 0 aliphatic rings. The second-order valence-corrected chi connectivity index (χ2v) is 4.05. The van der Waals surface area contributed by atoms with Crippen LogP contribution in [0, 0.1) is 12.7 Å². The molecular formula is C17H19FO2. The molecule has 0 aromatic heterocycles. The standard InChI is InChI=1S/C15H13FO2.C2H6/c1-10-3-5-11(6-4-10)12-7-8-13(14(16)9-12)15(17)18-2;1-2/h3-9H,1-2H3;1-2H3. The van der Waals surface area contributed by atoms with Crippen LogP contribution in [0.5, 0.6) is 0 Å². The highest BCUT2D eigenvalue weighted by molar-refractivity contribution is 5.90. The lowest BCUT2D eigenvalue weighted by Crippen LogP contribution is -2.04. The van der Waals surface area contributed by atoms with E-state index in [4.69, 9.17) is 0 Å². The summed E-state index contributed by atoms with van der Waals surface area (Å²) in [5.41, 5.74) is 2.75. The van der Waals surface area contributed by atoms with Gasteiger partial charge in [-0.2, -0.15) is 0 Å². The minimum absolute atomic E-state index is 0.0478. The van der Waals surface area contributed by atoms with E-state index in [1.165, 1.54) is 19.2 Å². The van der Waals surface area contributed by atoms with Crippen LogP contribution in [-0.4, -0.2) is 13.1 Å². The van der Waals surface area contributed by atoms with Crippen molar-refractivity contribution in [3.05, 3.63) is 59.4 Å². The quantitative estimate of drug-likeness (QED) is 0.747. The van der Waals surface area contributed by atoms with Gasteiger partial charge >= 0.3 is 5.97 Å². The Labute approximate surface area is 119 Å². The zero-order valence-corrected chi connectivity index (χ0v) is 12.2.